The number of ether oxygens (including phenoxy) is 1. The summed E-state index contributed by atoms with van der Waals surface area (Å²) in [4.78, 5) is 31.8. The first-order chi connectivity index (χ1) is 18.9. The van der Waals surface area contributed by atoms with Crippen molar-refractivity contribution in [3.05, 3.63) is 143 Å². The molecule has 2 atom stereocenters. The van der Waals surface area contributed by atoms with Gasteiger partial charge >= 0.3 is 0 Å². The molecule has 1 aromatic heterocycles. The molecule has 0 fully saturated rings. The molecule has 2 unspecified atom stereocenters. The fourth-order valence-electron chi connectivity index (χ4n) is 4.74. The van der Waals surface area contributed by atoms with Crippen molar-refractivity contribution in [3.63, 3.8) is 0 Å². The van der Waals surface area contributed by atoms with Gasteiger partial charge in [-0.05, 0) is 42.3 Å². The Morgan fingerprint density at radius 2 is 1.33 bits per heavy atom. The number of rotatable bonds is 8. The van der Waals surface area contributed by atoms with Crippen LogP contribution in [0.5, 0.6) is 5.75 Å². The van der Waals surface area contributed by atoms with Crippen LogP contribution in [0.25, 0.3) is 10.9 Å². The van der Waals surface area contributed by atoms with Gasteiger partial charge in [0.15, 0.2) is 6.10 Å². The second-order valence-electron chi connectivity index (χ2n) is 9.40. The van der Waals surface area contributed by atoms with Crippen LogP contribution < -0.4 is 15.7 Å². The molecule has 0 bridgehead atoms. The Kier molecular flexibility index (Phi) is 7.25. The highest BCUT2D eigenvalue weighted by atomic mass is 16.5. The molecule has 0 saturated carbocycles. The molecular formula is C32H29N3O4. The third-order valence-electron chi connectivity index (χ3n) is 6.89. The fourth-order valence-corrected chi connectivity index (χ4v) is 4.74. The quantitative estimate of drug-likeness (QED) is 0.302. The van der Waals surface area contributed by atoms with Crippen LogP contribution in [-0.2, 0) is 10.4 Å². The number of hydrogen-bond donors (Lipinski definition) is 2. The second kappa shape index (κ2) is 10.9. The molecule has 0 aliphatic heterocycles. The largest absolute Gasteiger partial charge is 0.481 e. The van der Waals surface area contributed by atoms with E-state index in [2.05, 4.69) is 5.43 Å². The highest BCUT2D eigenvalue weighted by Gasteiger charge is 2.41. The molecule has 4 aromatic carbocycles. The van der Waals surface area contributed by atoms with Crippen molar-refractivity contribution in [1.82, 2.24) is 9.66 Å². The maximum Gasteiger partial charge on any atom is 0.280 e. The molecule has 1 amide bonds. The standard InChI is InChI=1S/C32H29N3O4/c1-22(32(38,24-14-6-3-7-15-24)25-16-8-4-9-17-25)29-33-28-21-13-12-20-27(28)31(37)35(29)34-30(36)23(2)39-26-18-10-5-11-19-26/h3-23,38H,1-2H3,(H,34,36). The van der Waals surface area contributed by atoms with Crippen molar-refractivity contribution in [3.8, 4) is 5.75 Å². The monoisotopic (exact) mass is 519 g/mol. The van der Waals surface area contributed by atoms with Gasteiger partial charge in [0.05, 0.1) is 16.8 Å². The zero-order valence-electron chi connectivity index (χ0n) is 21.7. The molecule has 0 aliphatic rings. The van der Waals surface area contributed by atoms with Gasteiger partial charge in [0.25, 0.3) is 11.5 Å². The van der Waals surface area contributed by atoms with Gasteiger partial charge in [-0.1, -0.05) is 97.9 Å². The first kappa shape index (κ1) is 25.9. The summed E-state index contributed by atoms with van der Waals surface area (Å²) in [6, 6.07) is 34.4. The number of nitrogens with one attached hydrogen (secondary N) is 1. The third-order valence-corrected chi connectivity index (χ3v) is 6.89. The van der Waals surface area contributed by atoms with E-state index in [4.69, 9.17) is 9.72 Å². The van der Waals surface area contributed by atoms with Gasteiger partial charge < -0.3 is 9.84 Å². The molecule has 2 N–H and O–H groups in total. The lowest BCUT2D eigenvalue weighted by molar-refractivity contribution is -0.123. The average Bonchev–Trinajstić information content (AvgIpc) is 2.99. The van der Waals surface area contributed by atoms with E-state index in [1.54, 1.807) is 50.2 Å². The van der Waals surface area contributed by atoms with Crippen LogP contribution in [0.3, 0.4) is 0 Å². The molecule has 5 rings (SSSR count). The minimum Gasteiger partial charge on any atom is -0.481 e. The molecular weight excluding hydrogens is 490 g/mol. The van der Waals surface area contributed by atoms with Gasteiger partial charge in [0.2, 0.25) is 0 Å². The predicted octanol–water partition coefficient (Wildman–Crippen LogP) is 4.97. The summed E-state index contributed by atoms with van der Waals surface area (Å²) in [6.07, 6.45) is -0.906. The number of nitrogens with zero attached hydrogens (tertiary/aromatic N) is 2. The SMILES string of the molecule is CC(Oc1ccccc1)C(=O)Nn1c(C(C)C(O)(c2ccccc2)c2ccccc2)nc2ccccc2c1=O. The second-order valence-corrected chi connectivity index (χ2v) is 9.40. The van der Waals surface area contributed by atoms with E-state index in [1.165, 1.54) is 0 Å². The summed E-state index contributed by atoms with van der Waals surface area (Å²) in [6.45, 7) is 3.40. The van der Waals surface area contributed by atoms with Crippen molar-refractivity contribution in [2.45, 2.75) is 31.5 Å². The Morgan fingerprint density at radius 3 is 1.92 bits per heavy atom. The lowest BCUT2D eigenvalue weighted by Gasteiger charge is -2.36. The number of para-hydroxylation sites is 2. The van der Waals surface area contributed by atoms with Gasteiger partial charge in [0.1, 0.15) is 17.2 Å². The van der Waals surface area contributed by atoms with E-state index in [1.807, 2.05) is 78.9 Å². The summed E-state index contributed by atoms with van der Waals surface area (Å²) < 4.78 is 6.92. The number of aromatic nitrogens is 2. The molecule has 0 radical (unpaired) electrons. The molecule has 7 nitrogen and oxygen atoms in total. The zero-order valence-corrected chi connectivity index (χ0v) is 21.7. The number of amides is 1. The van der Waals surface area contributed by atoms with Crippen molar-refractivity contribution >= 4 is 16.8 Å². The van der Waals surface area contributed by atoms with Crippen LogP contribution in [-0.4, -0.2) is 26.8 Å². The molecule has 196 valence electrons. The number of carbonyl (C=O) groups is 1. The predicted molar refractivity (Wildman–Crippen MR) is 151 cm³/mol. The van der Waals surface area contributed by atoms with E-state index >= 15 is 0 Å². The Morgan fingerprint density at radius 1 is 0.821 bits per heavy atom. The van der Waals surface area contributed by atoms with Crippen LogP contribution in [0.4, 0.5) is 0 Å². The first-order valence-corrected chi connectivity index (χ1v) is 12.8. The third kappa shape index (κ3) is 5.04. The van der Waals surface area contributed by atoms with E-state index in [0.717, 1.165) is 4.68 Å². The molecule has 1 heterocycles. The number of hydrogen-bond acceptors (Lipinski definition) is 5. The molecule has 5 aromatic rings. The Balaban J connectivity index is 1.63. The lowest BCUT2D eigenvalue weighted by Crippen LogP contribution is -2.44. The van der Waals surface area contributed by atoms with Gasteiger partial charge in [-0.2, -0.15) is 0 Å². The summed E-state index contributed by atoms with van der Waals surface area (Å²) in [5.74, 6) is -0.561. The normalized spacial score (nSPS) is 13.0. The molecule has 0 saturated heterocycles. The van der Waals surface area contributed by atoms with Crippen molar-refractivity contribution < 1.29 is 14.6 Å². The van der Waals surface area contributed by atoms with Gasteiger partial charge in [-0.15, -0.1) is 0 Å². The van der Waals surface area contributed by atoms with Gasteiger partial charge in [-0.25, -0.2) is 9.66 Å². The Labute approximate surface area is 226 Å². The van der Waals surface area contributed by atoms with Crippen molar-refractivity contribution in [2.75, 3.05) is 5.43 Å². The number of aliphatic hydroxyl groups is 1. The highest BCUT2D eigenvalue weighted by molar-refractivity contribution is 5.88. The Hall–Kier alpha value is -4.75. The van der Waals surface area contributed by atoms with Crippen LogP contribution in [0.2, 0.25) is 0 Å². The summed E-state index contributed by atoms with van der Waals surface area (Å²) >= 11 is 0. The van der Waals surface area contributed by atoms with E-state index in [0.29, 0.717) is 27.8 Å². The topological polar surface area (TPSA) is 93.4 Å². The smallest absolute Gasteiger partial charge is 0.280 e. The van der Waals surface area contributed by atoms with E-state index in [-0.39, 0.29) is 5.82 Å². The highest BCUT2D eigenvalue weighted by Crippen LogP contribution is 2.41. The Bertz CT molecular complexity index is 1600. The molecule has 7 heteroatoms. The first-order valence-electron chi connectivity index (χ1n) is 12.8. The summed E-state index contributed by atoms with van der Waals surface area (Å²) in [5.41, 5.74) is 2.42. The lowest BCUT2D eigenvalue weighted by atomic mass is 9.76. The average molecular weight is 520 g/mol. The van der Waals surface area contributed by atoms with Gasteiger partial charge in [-0.3, -0.25) is 15.0 Å². The maximum atomic E-state index is 13.8. The number of benzene rings is 4. The minimum atomic E-state index is -1.57. The molecule has 39 heavy (non-hydrogen) atoms. The number of carbonyl (C=O) groups excluding carboxylic acids is 1. The molecule has 0 aliphatic carbocycles. The van der Waals surface area contributed by atoms with Crippen molar-refractivity contribution in [1.29, 1.82) is 0 Å². The maximum absolute atomic E-state index is 13.8. The summed E-state index contributed by atoms with van der Waals surface area (Å²) in [7, 11) is 0. The van der Waals surface area contributed by atoms with Crippen LogP contribution in [0.15, 0.2) is 120 Å². The van der Waals surface area contributed by atoms with E-state index in [9.17, 15) is 14.7 Å². The number of fused-ring (bicyclic) bond motifs is 1. The van der Waals surface area contributed by atoms with Crippen LogP contribution in [0.1, 0.15) is 36.7 Å². The molecule has 0 spiro atoms. The zero-order chi connectivity index (χ0) is 27.4. The summed E-state index contributed by atoms with van der Waals surface area (Å²) in [5, 5.41) is 12.7. The minimum absolute atomic E-state index is 0.203. The van der Waals surface area contributed by atoms with E-state index < -0.39 is 29.1 Å². The van der Waals surface area contributed by atoms with Crippen molar-refractivity contribution in [2.24, 2.45) is 0 Å². The van der Waals surface area contributed by atoms with Crippen LogP contribution in [0, 0.1) is 0 Å². The van der Waals surface area contributed by atoms with Crippen LogP contribution >= 0.6 is 0 Å². The van der Waals surface area contributed by atoms with Gasteiger partial charge in [0, 0.05) is 0 Å². The fraction of sp³-hybridized carbons (Fsp3) is 0.156.